The number of terminal acetylenes is 1. The summed E-state index contributed by atoms with van der Waals surface area (Å²) in [7, 11) is 0. The second-order valence-electron chi connectivity index (χ2n) is 4.84. The van der Waals surface area contributed by atoms with Gasteiger partial charge in [0.15, 0.2) is 0 Å². The summed E-state index contributed by atoms with van der Waals surface area (Å²) < 4.78 is 0. The van der Waals surface area contributed by atoms with Crippen molar-refractivity contribution in [2.45, 2.75) is 57.2 Å². The zero-order valence-electron chi connectivity index (χ0n) is 9.71. The highest BCUT2D eigenvalue weighted by Crippen LogP contribution is 2.33. The molecule has 2 bridgehead atoms. The average molecular weight is 206 g/mol. The van der Waals surface area contributed by atoms with E-state index in [0.717, 1.165) is 31.2 Å². The number of nitrogens with zero attached hydrogens (tertiary/aromatic N) is 1. The zero-order valence-corrected chi connectivity index (χ0v) is 9.71. The van der Waals surface area contributed by atoms with Crippen molar-refractivity contribution in [1.29, 1.82) is 0 Å². The molecular formula is C13H22N2. The van der Waals surface area contributed by atoms with Crippen LogP contribution in [0.2, 0.25) is 0 Å². The fourth-order valence-corrected chi connectivity index (χ4v) is 3.30. The molecule has 2 rings (SSSR count). The van der Waals surface area contributed by atoms with E-state index in [1.54, 1.807) is 0 Å². The van der Waals surface area contributed by atoms with Gasteiger partial charge in [-0.25, -0.2) is 0 Å². The summed E-state index contributed by atoms with van der Waals surface area (Å²) in [5.74, 6) is 2.82. The largest absolute Gasteiger partial charge is 0.314 e. The molecule has 2 nitrogen and oxygen atoms in total. The first-order chi connectivity index (χ1) is 7.35. The Hall–Kier alpha value is -0.520. The van der Waals surface area contributed by atoms with Crippen molar-refractivity contribution in [2.24, 2.45) is 0 Å². The Morgan fingerprint density at radius 1 is 1.33 bits per heavy atom. The van der Waals surface area contributed by atoms with E-state index in [0.29, 0.717) is 0 Å². The van der Waals surface area contributed by atoms with E-state index in [1.807, 2.05) is 0 Å². The van der Waals surface area contributed by atoms with E-state index in [9.17, 15) is 0 Å². The van der Waals surface area contributed by atoms with Gasteiger partial charge in [0.25, 0.3) is 0 Å². The van der Waals surface area contributed by atoms with Crippen LogP contribution in [0.5, 0.6) is 0 Å². The predicted molar refractivity (Wildman–Crippen MR) is 63.7 cm³/mol. The number of hydrogen-bond donors (Lipinski definition) is 1. The Labute approximate surface area is 93.4 Å². The van der Waals surface area contributed by atoms with E-state index >= 15 is 0 Å². The molecule has 2 heteroatoms. The quantitative estimate of drug-likeness (QED) is 0.706. The standard InChI is InChI=1S/C13H22N2/c1-3-8-15-12-6-5-7-13(15)10-11(9-12)14-4-2/h1,11-14H,4-10H2,2H3. The lowest BCUT2D eigenvalue weighted by Crippen LogP contribution is -2.56. The van der Waals surface area contributed by atoms with Gasteiger partial charge >= 0.3 is 0 Å². The molecule has 0 radical (unpaired) electrons. The first kappa shape index (κ1) is 11.0. The van der Waals surface area contributed by atoms with Crippen molar-refractivity contribution in [3.05, 3.63) is 0 Å². The lowest BCUT2D eigenvalue weighted by molar-refractivity contribution is 0.0371. The fourth-order valence-electron chi connectivity index (χ4n) is 3.30. The van der Waals surface area contributed by atoms with E-state index in [2.05, 4.69) is 23.1 Å². The molecule has 15 heavy (non-hydrogen) atoms. The minimum atomic E-state index is 0.735. The van der Waals surface area contributed by atoms with Gasteiger partial charge in [-0.3, -0.25) is 4.90 Å². The lowest BCUT2D eigenvalue weighted by Gasteiger charge is -2.48. The molecular weight excluding hydrogens is 184 g/mol. The van der Waals surface area contributed by atoms with Crippen LogP contribution in [0.3, 0.4) is 0 Å². The smallest absolute Gasteiger partial charge is 0.0603 e. The minimum absolute atomic E-state index is 0.735. The molecule has 0 aromatic rings. The minimum Gasteiger partial charge on any atom is -0.314 e. The maximum absolute atomic E-state index is 5.45. The number of rotatable bonds is 3. The third-order valence-corrected chi connectivity index (χ3v) is 3.89. The molecule has 2 aliphatic heterocycles. The third kappa shape index (κ3) is 2.35. The summed E-state index contributed by atoms with van der Waals surface area (Å²) in [6, 6.07) is 2.23. The van der Waals surface area contributed by atoms with Gasteiger partial charge in [0.1, 0.15) is 0 Å². The molecule has 1 N–H and O–H groups in total. The maximum atomic E-state index is 5.45. The highest BCUT2D eigenvalue weighted by atomic mass is 15.2. The monoisotopic (exact) mass is 206 g/mol. The SMILES string of the molecule is C#CCN1C2CCCC1CC(NCC)C2. The van der Waals surface area contributed by atoms with Crippen molar-refractivity contribution in [3.8, 4) is 12.3 Å². The van der Waals surface area contributed by atoms with Crippen molar-refractivity contribution >= 4 is 0 Å². The lowest BCUT2D eigenvalue weighted by atomic mass is 9.82. The van der Waals surface area contributed by atoms with Crippen molar-refractivity contribution in [3.63, 3.8) is 0 Å². The molecule has 0 amide bonds. The molecule has 2 aliphatic rings. The summed E-state index contributed by atoms with van der Waals surface area (Å²) >= 11 is 0. The Balaban J connectivity index is 1.99. The molecule has 2 saturated heterocycles. The molecule has 0 aromatic carbocycles. The molecule has 2 heterocycles. The van der Waals surface area contributed by atoms with E-state index < -0.39 is 0 Å². The summed E-state index contributed by atoms with van der Waals surface area (Å²) in [5.41, 5.74) is 0. The Morgan fingerprint density at radius 2 is 2.00 bits per heavy atom. The number of fused-ring (bicyclic) bond motifs is 2. The summed E-state index contributed by atoms with van der Waals surface area (Å²) in [5, 5.41) is 3.60. The molecule has 0 spiro atoms. The van der Waals surface area contributed by atoms with E-state index in [-0.39, 0.29) is 0 Å². The van der Waals surface area contributed by atoms with Gasteiger partial charge in [0.05, 0.1) is 6.54 Å². The van der Waals surface area contributed by atoms with Crippen molar-refractivity contribution in [1.82, 2.24) is 10.2 Å². The zero-order chi connectivity index (χ0) is 10.7. The van der Waals surface area contributed by atoms with Gasteiger partial charge in [-0.15, -0.1) is 6.42 Å². The second-order valence-corrected chi connectivity index (χ2v) is 4.84. The van der Waals surface area contributed by atoms with Crippen LogP contribution in [0, 0.1) is 12.3 Å². The van der Waals surface area contributed by atoms with Crippen LogP contribution in [0.25, 0.3) is 0 Å². The summed E-state index contributed by atoms with van der Waals surface area (Å²) in [6.45, 7) is 4.15. The summed E-state index contributed by atoms with van der Waals surface area (Å²) in [6.07, 6.45) is 12.1. The molecule has 0 aliphatic carbocycles. The van der Waals surface area contributed by atoms with Crippen LogP contribution in [-0.2, 0) is 0 Å². The van der Waals surface area contributed by atoms with Gasteiger partial charge in [-0.1, -0.05) is 19.3 Å². The van der Waals surface area contributed by atoms with Gasteiger partial charge in [0, 0.05) is 18.1 Å². The molecule has 2 unspecified atom stereocenters. The third-order valence-electron chi connectivity index (χ3n) is 3.89. The van der Waals surface area contributed by atoms with Crippen LogP contribution >= 0.6 is 0 Å². The topological polar surface area (TPSA) is 15.3 Å². The van der Waals surface area contributed by atoms with Gasteiger partial charge in [-0.05, 0) is 32.2 Å². The van der Waals surface area contributed by atoms with Crippen LogP contribution in [0.1, 0.15) is 39.0 Å². The summed E-state index contributed by atoms with van der Waals surface area (Å²) in [4.78, 5) is 2.57. The highest BCUT2D eigenvalue weighted by Gasteiger charge is 2.37. The van der Waals surface area contributed by atoms with Gasteiger partial charge in [-0.2, -0.15) is 0 Å². The average Bonchev–Trinajstić information content (AvgIpc) is 2.19. The Bertz CT molecular complexity index is 229. The van der Waals surface area contributed by atoms with Crippen LogP contribution in [0.15, 0.2) is 0 Å². The fraction of sp³-hybridized carbons (Fsp3) is 0.846. The predicted octanol–water partition coefficient (Wildman–Crippen LogP) is 1.61. The molecule has 0 aromatic heterocycles. The first-order valence-corrected chi connectivity index (χ1v) is 6.27. The second kappa shape index (κ2) is 5.01. The molecule has 84 valence electrons. The van der Waals surface area contributed by atoms with Crippen LogP contribution < -0.4 is 5.32 Å². The van der Waals surface area contributed by atoms with Crippen molar-refractivity contribution < 1.29 is 0 Å². The highest BCUT2D eigenvalue weighted by molar-refractivity contribution is 5.00. The van der Waals surface area contributed by atoms with Crippen LogP contribution in [-0.4, -0.2) is 36.1 Å². The van der Waals surface area contributed by atoms with E-state index in [4.69, 9.17) is 6.42 Å². The Morgan fingerprint density at radius 3 is 2.53 bits per heavy atom. The number of nitrogens with one attached hydrogen (secondary N) is 1. The first-order valence-electron chi connectivity index (χ1n) is 6.27. The van der Waals surface area contributed by atoms with E-state index in [1.165, 1.54) is 32.1 Å². The Kier molecular flexibility index (Phi) is 3.66. The normalized spacial score (nSPS) is 36.1. The van der Waals surface area contributed by atoms with Gasteiger partial charge in [0.2, 0.25) is 0 Å². The molecule has 0 saturated carbocycles. The van der Waals surface area contributed by atoms with Crippen LogP contribution in [0.4, 0.5) is 0 Å². The van der Waals surface area contributed by atoms with Crippen molar-refractivity contribution in [2.75, 3.05) is 13.1 Å². The molecule has 2 fully saturated rings. The van der Waals surface area contributed by atoms with Gasteiger partial charge < -0.3 is 5.32 Å². The molecule has 2 atom stereocenters. The number of piperidine rings is 2. The number of hydrogen-bond acceptors (Lipinski definition) is 2. The maximum Gasteiger partial charge on any atom is 0.0603 e.